The van der Waals surface area contributed by atoms with Crippen LogP contribution in [0.25, 0.3) is 5.76 Å². The van der Waals surface area contributed by atoms with Crippen molar-refractivity contribution < 1.29 is 33.8 Å². The van der Waals surface area contributed by atoms with Gasteiger partial charge in [-0.15, -0.1) is 0 Å². The smallest absolute Gasteiger partial charge is 0.295 e. The number of likely N-dealkylation sites (tertiary alicyclic amines) is 1. The minimum atomic E-state index is -0.768. The Morgan fingerprint density at radius 3 is 2.42 bits per heavy atom. The number of hydrogen-bond donors (Lipinski definition) is 1. The summed E-state index contributed by atoms with van der Waals surface area (Å²) in [5.41, 5.74) is 0.971. The lowest BCUT2D eigenvalue weighted by atomic mass is 9.95. The molecular formula is C25H28N2O6. The molecular weight excluding hydrogens is 424 g/mol. The van der Waals surface area contributed by atoms with Gasteiger partial charge in [-0.1, -0.05) is 30.0 Å². The predicted octanol–water partition coefficient (Wildman–Crippen LogP) is -0.157. The Balaban J connectivity index is 1.74. The Labute approximate surface area is 193 Å². The first-order chi connectivity index (χ1) is 16.0. The molecule has 2 heterocycles. The van der Waals surface area contributed by atoms with Crippen molar-refractivity contribution in [1.29, 1.82) is 0 Å². The second kappa shape index (κ2) is 10.1. The van der Waals surface area contributed by atoms with Crippen LogP contribution in [-0.4, -0.2) is 70.2 Å². The summed E-state index contributed by atoms with van der Waals surface area (Å²) in [5, 5.41) is 13.5. The Kier molecular flexibility index (Phi) is 6.96. The lowest BCUT2D eigenvalue weighted by Crippen LogP contribution is -3.14. The molecule has 1 amide bonds. The maximum absolute atomic E-state index is 13.5. The SMILES string of the molecule is COc1ccc(/C([O-])=C2\C(=O)C(=O)N(CC[NH+]3CCOCC3)C2c2cccc(OC)c2)cc1. The van der Waals surface area contributed by atoms with Gasteiger partial charge in [0.2, 0.25) is 5.78 Å². The van der Waals surface area contributed by atoms with Crippen LogP contribution in [0.2, 0.25) is 0 Å². The number of nitrogens with zero attached hydrogens (tertiary/aromatic N) is 1. The average molecular weight is 453 g/mol. The molecule has 0 radical (unpaired) electrons. The van der Waals surface area contributed by atoms with Crippen LogP contribution in [0.15, 0.2) is 54.1 Å². The fourth-order valence-electron chi connectivity index (χ4n) is 4.35. The summed E-state index contributed by atoms with van der Waals surface area (Å²) in [4.78, 5) is 29.0. The highest BCUT2D eigenvalue weighted by molar-refractivity contribution is 6.46. The molecule has 2 aliphatic rings. The summed E-state index contributed by atoms with van der Waals surface area (Å²) < 4.78 is 15.9. The van der Waals surface area contributed by atoms with Gasteiger partial charge in [0, 0.05) is 5.57 Å². The Hall–Kier alpha value is -3.36. The average Bonchev–Trinajstić information content (AvgIpc) is 3.12. The van der Waals surface area contributed by atoms with Crippen molar-refractivity contribution in [2.45, 2.75) is 6.04 Å². The highest BCUT2D eigenvalue weighted by Crippen LogP contribution is 2.39. The topological polar surface area (TPSA) is 92.6 Å². The van der Waals surface area contributed by atoms with E-state index in [0.717, 1.165) is 13.1 Å². The fraction of sp³-hybridized carbons (Fsp3) is 0.360. The van der Waals surface area contributed by atoms with Crippen LogP contribution in [0.3, 0.4) is 0 Å². The van der Waals surface area contributed by atoms with Crippen molar-refractivity contribution in [2.24, 2.45) is 0 Å². The van der Waals surface area contributed by atoms with Crippen molar-refractivity contribution in [1.82, 2.24) is 4.90 Å². The zero-order valence-corrected chi connectivity index (χ0v) is 18.8. The Morgan fingerprint density at radius 1 is 1.06 bits per heavy atom. The second-order valence-electron chi connectivity index (χ2n) is 8.09. The van der Waals surface area contributed by atoms with Crippen LogP contribution in [-0.2, 0) is 14.3 Å². The predicted molar refractivity (Wildman–Crippen MR) is 119 cm³/mol. The van der Waals surface area contributed by atoms with E-state index in [2.05, 4.69) is 0 Å². The van der Waals surface area contributed by atoms with E-state index in [1.165, 1.54) is 16.9 Å². The highest BCUT2D eigenvalue weighted by atomic mass is 16.5. The van der Waals surface area contributed by atoms with Gasteiger partial charge in [0.25, 0.3) is 5.91 Å². The molecule has 1 N–H and O–H groups in total. The van der Waals surface area contributed by atoms with Crippen molar-refractivity contribution >= 4 is 17.4 Å². The zero-order chi connectivity index (χ0) is 23.4. The van der Waals surface area contributed by atoms with Crippen molar-refractivity contribution in [2.75, 3.05) is 53.6 Å². The van der Waals surface area contributed by atoms with Crippen molar-refractivity contribution in [3.63, 3.8) is 0 Å². The van der Waals surface area contributed by atoms with Crippen molar-refractivity contribution in [3.05, 3.63) is 65.2 Å². The molecule has 4 rings (SSSR count). The number of benzene rings is 2. The molecule has 2 aromatic rings. The van der Waals surface area contributed by atoms with Gasteiger partial charge in [0.1, 0.15) is 24.6 Å². The summed E-state index contributed by atoms with van der Waals surface area (Å²) in [6.07, 6.45) is 0. The number of carbonyl (C=O) groups is 2. The minimum Gasteiger partial charge on any atom is -0.872 e. The van der Waals surface area contributed by atoms with Gasteiger partial charge in [-0.2, -0.15) is 0 Å². The first-order valence-electron chi connectivity index (χ1n) is 11.0. The molecule has 174 valence electrons. The summed E-state index contributed by atoms with van der Waals surface area (Å²) in [7, 11) is 3.09. The number of ether oxygens (including phenoxy) is 3. The van der Waals surface area contributed by atoms with E-state index in [1.54, 1.807) is 49.6 Å². The molecule has 2 fully saturated rings. The largest absolute Gasteiger partial charge is 0.872 e. The molecule has 0 aromatic heterocycles. The van der Waals surface area contributed by atoms with E-state index in [4.69, 9.17) is 14.2 Å². The number of methoxy groups -OCH3 is 2. The first kappa shape index (κ1) is 22.8. The summed E-state index contributed by atoms with van der Waals surface area (Å²) in [5.74, 6) is -0.655. The second-order valence-corrected chi connectivity index (χ2v) is 8.09. The van der Waals surface area contributed by atoms with Crippen LogP contribution < -0.4 is 19.5 Å². The zero-order valence-electron chi connectivity index (χ0n) is 18.8. The number of amides is 1. The number of nitrogens with one attached hydrogen (secondary N) is 1. The highest BCUT2D eigenvalue weighted by Gasteiger charge is 2.44. The van der Waals surface area contributed by atoms with Crippen LogP contribution >= 0.6 is 0 Å². The van der Waals surface area contributed by atoms with Crippen LogP contribution in [0.4, 0.5) is 0 Å². The molecule has 1 unspecified atom stereocenters. The molecule has 8 heteroatoms. The molecule has 0 bridgehead atoms. The van der Waals surface area contributed by atoms with Gasteiger partial charge in [-0.3, -0.25) is 9.59 Å². The lowest BCUT2D eigenvalue weighted by molar-refractivity contribution is -0.907. The van der Waals surface area contributed by atoms with E-state index in [9.17, 15) is 14.7 Å². The quantitative estimate of drug-likeness (QED) is 0.357. The first-order valence-corrected chi connectivity index (χ1v) is 11.0. The summed E-state index contributed by atoms with van der Waals surface area (Å²) >= 11 is 0. The molecule has 1 atom stereocenters. The van der Waals surface area contributed by atoms with Crippen molar-refractivity contribution in [3.8, 4) is 11.5 Å². The van der Waals surface area contributed by atoms with E-state index in [-0.39, 0.29) is 5.57 Å². The van der Waals surface area contributed by atoms with E-state index < -0.39 is 23.5 Å². The van der Waals surface area contributed by atoms with E-state index in [0.29, 0.717) is 48.9 Å². The lowest BCUT2D eigenvalue weighted by Gasteiger charge is -2.30. The third-order valence-electron chi connectivity index (χ3n) is 6.20. The number of rotatable bonds is 7. The van der Waals surface area contributed by atoms with Gasteiger partial charge in [-0.25, -0.2) is 0 Å². The molecule has 0 saturated carbocycles. The number of hydrogen-bond acceptors (Lipinski definition) is 6. The molecule has 8 nitrogen and oxygen atoms in total. The number of ketones is 1. The normalized spacial score (nSPS) is 20.8. The maximum atomic E-state index is 13.5. The van der Waals surface area contributed by atoms with E-state index in [1.807, 2.05) is 6.07 Å². The third kappa shape index (κ3) is 4.72. The standard InChI is InChI=1S/C25H28N2O6/c1-31-19-8-6-17(7-9-19)23(28)21-22(18-4-3-5-20(16-18)32-2)27(25(30)24(21)29)11-10-26-12-14-33-15-13-26/h3-9,16,22,28H,10-15H2,1-2H3/b23-21+. The summed E-state index contributed by atoms with van der Waals surface area (Å²) in [6.45, 7) is 4.08. The molecule has 2 aromatic carbocycles. The van der Waals surface area contributed by atoms with Gasteiger partial charge >= 0.3 is 0 Å². The number of quaternary nitrogens is 1. The molecule has 33 heavy (non-hydrogen) atoms. The van der Waals surface area contributed by atoms with Crippen LogP contribution in [0.5, 0.6) is 11.5 Å². The van der Waals surface area contributed by atoms with Gasteiger partial charge in [-0.05, 0) is 35.4 Å². The summed E-state index contributed by atoms with van der Waals surface area (Å²) in [6, 6.07) is 12.9. The molecule has 0 aliphatic carbocycles. The Bertz CT molecular complexity index is 1040. The minimum absolute atomic E-state index is 0.0320. The monoisotopic (exact) mass is 452 g/mol. The van der Waals surface area contributed by atoms with Crippen LogP contribution in [0.1, 0.15) is 17.2 Å². The molecule has 0 spiro atoms. The number of carbonyl (C=O) groups excluding carboxylic acids is 2. The third-order valence-corrected chi connectivity index (χ3v) is 6.20. The maximum Gasteiger partial charge on any atom is 0.295 e. The van der Waals surface area contributed by atoms with Gasteiger partial charge in [0.05, 0.1) is 46.6 Å². The fourth-order valence-corrected chi connectivity index (χ4v) is 4.35. The molecule has 2 saturated heterocycles. The van der Waals surface area contributed by atoms with E-state index >= 15 is 0 Å². The number of morpholine rings is 1. The van der Waals surface area contributed by atoms with Crippen LogP contribution in [0, 0.1) is 0 Å². The van der Waals surface area contributed by atoms with Gasteiger partial charge in [0.15, 0.2) is 0 Å². The molecule has 2 aliphatic heterocycles. The number of Topliss-reactive ketones (excluding diaryl/α,β-unsaturated/α-hetero) is 1. The Morgan fingerprint density at radius 2 is 1.76 bits per heavy atom. The van der Waals surface area contributed by atoms with Gasteiger partial charge < -0.3 is 29.1 Å².